The molecule has 0 saturated carbocycles. The molecule has 0 radical (unpaired) electrons. The van der Waals surface area contributed by atoms with Gasteiger partial charge >= 0.3 is 109 Å². The number of H-pyrrole nitrogens is 1. The molecule has 14 heteroatoms. The zero-order valence-electron chi connectivity index (χ0n) is 11.0. The van der Waals surface area contributed by atoms with Crippen LogP contribution in [0.15, 0.2) is 32.4 Å². The number of aromatic amines is 1. The molecule has 20 heavy (non-hydrogen) atoms. The number of carbonyl (C=O) groups is 1. The minimum Gasteiger partial charge on any atom is -0.881 e. The minimum absolute atomic E-state index is 0. The zero-order chi connectivity index (χ0) is 13.4. The number of carbonyl (C=O) groups excluding carboxylic acids is 1. The van der Waals surface area contributed by atoms with E-state index in [0.717, 1.165) is 0 Å². The van der Waals surface area contributed by atoms with Gasteiger partial charge in [-0.05, 0) is 22.6 Å². The molecule has 1 N–H and O–H groups in total. The van der Waals surface area contributed by atoms with E-state index >= 15 is 0 Å². The van der Waals surface area contributed by atoms with Gasteiger partial charge in [-0.3, -0.25) is 0 Å². The van der Waals surface area contributed by atoms with Gasteiger partial charge < -0.3 is 14.9 Å². The van der Waals surface area contributed by atoms with Crippen LogP contribution in [0.1, 0.15) is 17.5 Å². The van der Waals surface area contributed by atoms with Crippen molar-refractivity contribution in [2.24, 2.45) is 20.7 Å². The third-order valence-electron chi connectivity index (χ3n) is 1.30. The van der Waals surface area contributed by atoms with E-state index in [2.05, 4.69) is 46.0 Å². The number of nitrogens with one attached hydrogen (secondary N) is 1. The second-order valence-corrected chi connectivity index (χ2v) is 2.45. The van der Waals surface area contributed by atoms with E-state index in [4.69, 9.17) is 0 Å². The van der Waals surface area contributed by atoms with Crippen molar-refractivity contribution in [2.45, 2.75) is 6.92 Å². The first-order valence-electron chi connectivity index (χ1n) is 4.45. The fourth-order valence-electron chi connectivity index (χ4n) is 0.670. The standard InChI is InChI=1S/C4H6N4O2.C2H2N4O2.2K/c1-2-10-4(9)3-5-7-8-6-3;7-2(8)1-3-5-6-4-1;;/h2H2,1H3,(H,5,6,7,8);7-8H;;/q;;2*+1/p-2. The van der Waals surface area contributed by atoms with Gasteiger partial charge in [-0.15, -0.1) is 20.4 Å². The largest absolute Gasteiger partial charge is 1.00 e. The molecule has 2 heterocycles. The molecule has 0 fully saturated rings. The van der Waals surface area contributed by atoms with Crippen LogP contribution in [-0.4, -0.2) is 33.2 Å². The Labute approximate surface area is 197 Å². The van der Waals surface area contributed by atoms with Crippen LogP contribution in [0.25, 0.3) is 0 Å². The minimum atomic E-state index is -1.46. The summed E-state index contributed by atoms with van der Waals surface area (Å²) in [7, 11) is 0. The van der Waals surface area contributed by atoms with E-state index in [-0.39, 0.29) is 109 Å². The number of ether oxygens (including phenoxy) is 1. The van der Waals surface area contributed by atoms with Crippen molar-refractivity contribution >= 4 is 5.97 Å². The van der Waals surface area contributed by atoms with Gasteiger partial charge in [0.2, 0.25) is 0 Å². The first kappa shape index (κ1) is 22.6. The third-order valence-corrected chi connectivity index (χ3v) is 1.30. The Balaban J connectivity index is 0. The van der Waals surface area contributed by atoms with Crippen LogP contribution >= 0.6 is 0 Å². The second kappa shape index (κ2) is 13.0. The molecule has 0 aliphatic carbocycles. The van der Waals surface area contributed by atoms with E-state index < -0.39 is 17.7 Å². The summed E-state index contributed by atoms with van der Waals surface area (Å²) in [5.74, 6) is -2.54. The number of rotatable bonds is 2. The van der Waals surface area contributed by atoms with Crippen molar-refractivity contribution in [3.63, 3.8) is 0 Å². The maximum atomic E-state index is 10.7. The molecule has 1 aromatic rings. The number of esters is 1. The summed E-state index contributed by atoms with van der Waals surface area (Å²) < 4.78 is 4.56. The Morgan fingerprint density at radius 2 is 1.85 bits per heavy atom. The average molecular weight is 332 g/mol. The Morgan fingerprint density at radius 1 is 1.25 bits per heavy atom. The Morgan fingerprint density at radius 3 is 2.20 bits per heavy atom. The maximum Gasteiger partial charge on any atom is 1.00 e. The molecule has 2 rings (SSSR count). The average Bonchev–Trinajstić information content (AvgIpc) is 3.04. The van der Waals surface area contributed by atoms with Gasteiger partial charge in [-0.1, -0.05) is 0 Å². The molecule has 0 spiro atoms. The molecule has 1 aliphatic rings. The number of nitrogens with zero attached hydrogens (tertiary/aromatic N) is 7. The van der Waals surface area contributed by atoms with E-state index in [1.807, 2.05) is 0 Å². The molecular weight excluding hydrogens is 326 g/mol. The van der Waals surface area contributed by atoms with Crippen molar-refractivity contribution in [2.75, 3.05) is 6.61 Å². The van der Waals surface area contributed by atoms with Crippen molar-refractivity contribution in [1.82, 2.24) is 20.6 Å². The molecule has 0 aromatic carbocycles. The molecule has 0 unspecified atom stereocenters. The SMILES string of the molecule is CCOC(=O)c1nn[nH]n1.[K+].[K+].[O-]C([O-])=C1N=NN=N1. The number of hydrogen-bond acceptors (Lipinski definition) is 11. The summed E-state index contributed by atoms with van der Waals surface area (Å²) in [6.45, 7) is 2.02. The first-order valence-corrected chi connectivity index (χ1v) is 4.45. The second-order valence-electron chi connectivity index (χ2n) is 2.45. The number of hydrogen-bond donors (Lipinski definition) is 1. The predicted molar refractivity (Wildman–Crippen MR) is 46.9 cm³/mol. The molecule has 12 nitrogen and oxygen atoms in total. The molecule has 0 bridgehead atoms. The molecule has 1 aromatic heterocycles. The maximum absolute atomic E-state index is 10.7. The van der Waals surface area contributed by atoms with Gasteiger partial charge in [0.25, 0.3) is 5.82 Å². The summed E-state index contributed by atoms with van der Waals surface area (Å²) in [6, 6.07) is 0. The summed E-state index contributed by atoms with van der Waals surface area (Å²) >= 11 is 0. The van der Waals surface area contributed by atoms with Gasteiger partial charge in [0, 0.05) is 0 Å². The fraction of sp³-hybridized carbons (Fsp3) is 0.333. The summed E-state index contributed by atoms with van der Waals surface area (Å²) in [5.41, 5.74) is 0. The van der Waals surface area contributed by atoms with Crippen molar-refractivity contribution < 1.29 is 123 Å². The summed E-state index contributed by atoms with van der Waals surface area (Å²) in [6.07, 6.45) is 0. The van der Waals surface area contributed by atoms with Crippen LogP contribution in [0.3, 0.4) is 0 Å². The molecule has 96 valence electrons. The monoisotopic (exact) mass is 332 g/mol. The van der Waals surface area contributed by atoms with Crippen LogP contribution in [0.4, 0.5) is 0 Å². The topological polar surface area (TPSA) is 176 Å². The van der Waals surface area contributed by atoms with E-state index in [1.54, 1.807) is 6.92 Å². The Hall–Kier alpha value is 0.353. The molecule has 1 aliphatic heterocycles. The molecular formula is C6H6K2N8O4. The Bertz CT molecular complexity index is 469. The van der Waals surface area contributed by atoms with Gasteiger partial charge in [0.05, 0.1) is 6.61 Å². The van der Waals surface area contributed by atoms with E-state index in [0.29, 0.717) is 6.61 Å². The van der Waals surface area contributed by atoms with Crippen LogP contribution < -0.4 is 113 Å². The molecule has 0 amide bonds. The Kier molecular flexibility index (Phi) is 14.8. The smallest absolute Gasteiger partial charge is 0.881 e. The van der Waals surface area contributed by atoms with Crippen LogP contribution in [0.2, 0.25) is 0 Å². The van der Waals surface area contributed by atoms with Crippen molar-refractivity contribution in [3.05, 3.63) is 17.6 Å². The summed E-state index contributed by atoms with van der Waals surface area (Å²) in [4.78, 5) is 10.7. The van der Waals surface area contributed by atoms with Gasteiger partial charge in [0.1, 0.15) is 0 Å². The quantitative estimate of drug-likeness (QED) is 0.317. The summed E-state index contributed by atoms with van der Waals surface area (Å²) in [5, 5.41) is 43.4. The third kappa shape index (κ3) is 8.60. The number of tetrazole rings is 1. The van der Waals surface area contributed by atoms with Crippen molar-refractivity contribution in [3.8, 4) is 0 Å². The molecule has 0 atom stereocenters. The van der Waals surface area contributed by atoms with Gasteiger partial charge in [-0.2, -0.15) is 11.2 Å². The first-order chi connectivity index (χ1) is 8.65. The van der Waals surface area contributed by atoms with Crippen molar-refractivity contribution in [1.29, 1.82) is 0 Å². The predicted octanol–water partition coefficient (Wildman–Crippen LogP) is -7.95. The van der Waals surface area contributed by atoms with Crippen LogP contribution in [0, 0.1) is 0 Å². The number of aromatic nitrogens is 4. The van der Waals surface area contributed by atoms with Crippen LogP contribution in [0.5, 0.6) is 0 Å². The van der Waals surface area contributed by atoms with Gasteiger partial charge in [-0.25, -0.2) is 4.79 Å². The zero-order valence-corrected chi connectivity index (χ0v) is 17.2. The normalized spacial score (nSPS) is 10.8. The van der Waals surface area contributed by atoms with E-state index in [1.165, 1.54) is 0 Å². The van der Waals surface area contributed by atoms with Gasteiger partial charge in [0.15, 0.2) is 5.82 Å². The fourth-order valence-corrected chi connectivity index (χ4v) is 0.670. The molecule has 0 saturated heterocycles. The van der Waals surface area contributed by atoms with Crippen LogP contribution in [-0.2, 0) is 4.74 Å². The van der Waals surface area contributed by atoms with E-state index in [9.17, 15) is 15.0 Å².